The topological polar surface area (TPSA) is 78.6 Å². The van der Waals surface area contributed by atoms with Gasteiger partial charge in [0, 0.05) is 18.3 Å². The van der Waals surface area contributed by atoms with Crippen molar-refractivity contribution < 1.29 is 4.74 Å². The van der Waals surface area contributed by atoms with Crippen LogP contribution in [0.4, 0.5) is 0 Å². The van der Waals surface area contributed by atoms with E-state index in [2.05, 4.69) is 37.3 Å². The summed E-state index contributed by atoms with van der Waals surface area (Å²) in [7, 11) is 0. The molecule has 1 aliphatic carbocycles. The fourth-order valence-electron chi connectivity index (χ4n) is 3.36. The third-order valence-corrected chi connectivity index (χ3v) is 5.27. The Kier molecular flexibility index (Phi) is 3.97. The average Bonchev–Trinajstić information content (AvgIpc) is 3.37. The molecule has 0 aromatic carbocycles. The number of aryl methyl sites for hydroxylation is 2. The molecule has 1 saturated carbocycles. The molecular weight excluding hydrogens is 340 g/mol. The van der Waals surface area contributed by atoms with Gasteiger partial charge in [-0.15, -0.1) is 0 Å². The largest absolute Gasteiger partial charge is 0.369 e. The summed E-state index contributed by atoms with van der Waals surface area (Å²) in [5.41, 5.74) is 5.35. The summed E-state index contributed by atoms with van der Waals surface area (Å²) in [6.07, 6.45) is 11.2. The number of ether oxygens (including phenoxy) is 1. The summed E-state index contributed by atoms with van der Waals surface area (Å²) >= 11 is 0. The molecule has 0 N–H and O–H groups in total. The first-order chi connectivity index (χ1) is 13.2. The van der Waals surface area contributed by atoms with Crippen molar-refractivity contribution in [3.63, 3.8) is 0 Å². The minimum Gasteiger partial charge on any atom is -0.369 e. The normalized spacial score (nSPS) is 20.1. The molecule has 7 heteroatoms. The highest BCUT2D eigenvalue weighted by Gasteiger charge is 2.24. The lowest BCUT2D eigenvalue weighted by atomic mass is 10.0. The lowest BCUT2D eigenvalue weighted by Gasteiger charge is -2.20. The second-order valence-electron chi connectivity index (χ2n) is 7.47. The SMILES string of the molecule is Cc1nc2cnc(C3=C[C@H](c4cnn(CC5CC5)c4)OCC3)nc2nc1C. The molecule has 0 bridgehead atoms. The third kappa shape index (κ3) is 3.35. The van der Waals surface area contributed by atoms with Crippen molar-refractivity contribution >= 4 is 16.7 Å². The molecule has 27 heavy (non-hydrogen) atoms. The molecule has 0 radical (unpaired) electrons. The lowest BCUT2D eigenvalue weighted by Crippen LogP contribution is -2.11. The van der Waals surface area contributed by atoms with Crippen molar-refractivity contribution in [2.75, 3.05) is 6.61 Å². The van der Waals surface area contributed by atoms with Crippen LogP contribution in [-0.4, -0.2) is 36.3 Å². The molecule has 1 fully saturated rings. The van der Waals surface area contributed by atoms with Crippen LogP contribution in [0, 0.1) is 19.8 Å². The van der Waals surface area contributed by atoms with Gasteiger partial charge in [-0.3, -0.25) is 4.68 Å². The minimum atomic E-state index is -0.105. The van der Waals surface area contributed by atoms with Crippen molar-refractivity contribution in [1.29, 1.82) is 0 Å². The maximum absolute atomic E-state index is 5.96. The van der Waals surface area contributed by atoms with E-state index in [4.69, 9.17) is 4.74 Å². The molecule has 2 aliphatic rings. The molecule has 3 aromatic heterocycles. The Bertz CT molecular complexity index is 1040. The van der Waals surface area contributed by atoms with E-state index in [0.29, 0.717) is 18.1 Å². The summed E-state index contributed by atoms with van der Waals surface area (Å²) < 4.78 is 7.99. The average molecular weight is 362 g/mol. The number of fused-ring (bicyclic) bond motifs is 1. The Morgan fingerprint density at radius 2 is 1.96 bits per heavy atom. The fraction of sp³-hybridized carbons (Fsp3) is 0.450. The van der Waals surface area contributed by atoms with Gasteiger partial charge in [-0.05, 0) is 50.7 Å². The van der Waals surface area contributed by atoms with Gasteiger partial charge < -0.3 is 4.74 Å². The van der Waals surface area contributed by atoms with E-state index < -0.39 is 0 Å². The van der Waals surface area contributed by atoms with Gasteiger partial charge in [0.2, 0.25) is 0 Å². The number of rotatable bonds is 4. The van der Waals surface area contributed by atoms with Crippen LogP contribution in [-0.2, 0) is 11.3 Å². The maximum atomic E-state index is 5.96. The number of aromatic nitrogens is 6. The van der Waals surface area contributed by atoms with Crippen molar-refractivity contribution in [3.8, 4) is 0 Å². The molecule has 1 atom stereocenters. The third-order valence-electron chi connectivity index (χ3n) is 5.27. The van der Waals surface area contributed by atoms with Gasteiger partial charge in [0.15, 0.2) is 11.5 Å². The Hall–Kier alpha value is -2.67. The first-order valence-electron chi connectivity index (χ1n) is 9.49. The quantitative estimate of drug-likeness (QED) is 0.709. The van der Waals surface area contributed by atoms with Crippen LogP contribution < -0.4 is 0 Å². The van der Waals surface area contributed by atoms with E-state index >= 15 is 0 Å². The van der Waals surface area contributed by atoms with Gasteiger partial charge in [0.1, 0.15) is 11.6 Å². The van der Waals surface area contributed by atoms with E-state index in [-0.39, 0.29) is 6.10 Å². The van der Waals surface area contributed by atoms with E-state index in [9.17, 15) is 0 Å². The fourth-order valence-corrected chi connectivity index (χ4v) is 3.36. The zero-order valence-corrected chi connectivity index (χ0v) is 15.6. The molecule has 3 aromatic rings. The second-order valence-corrected chi connectivity index (χ2v) is 7.47. The Balaban J connectivity index is 1.44. The summed E-state index contributed by atoms with van der Waals surface area (Å²) in [4.78, 5) is 18.2. The zero-order chi connectivity index (χ0) is 18.4. The predicted octanol–water partition coefficient (Wildman–Crippen LogP) is 3.19. The van der Waals surface area contributed by atoms with Crippen LogP contribution in [0.25, 0.3) is 16.7 Å². The molecule has 7 nitrogen and oxygen atoms in total. The Morgan fingerprint density at radius 3 is 2.81 bits per heavy atom. The monoisotopic (exact) mass is 362 g/mol. The van der Waals surface area contributed by atoms with Crippen LogP contribution in [0.2, 0.25) is 0 Å². The summed E-state index contributed by atoms with van der Waals surface area (Å²) in [5.74, 6) is 1.51. The van der Waals surface area contributed by atoms with E-state index in [1.807, 2.05) is 24.7 Å². The molecule has 138 valence electrons. The number of hydrogen-bond donors (Lipinski definition) is 0. The molecule has 0 spiro atoms. The van der Waals surface area contributed by atoms with E-state index in [1.165, 1.54) is 12.8 Å². The Labute approximate surface area is 157 Å². The van der Waals surface area contributed by atoms with Crippen molar-refractivity contribution in [1.82, 2.24) is 29.7 Å². The first kappa shape index (κ1) is 16.5. The molecule has 0 saturated heterocycles. The highest BCUT2D eigenvalue weighted by molar-refractivity contribution is 5.72. The Morgan fingerprint density at radius 1 is 1.11 bits per heavy atom. The van der Waals surface area contributed by atoms with E-state index in [1.54, 1.807) is 6.20 Å². The smallest absolute Gasteiger partial charge is 0.182 e. The van der Waals surface area contributed by atoms with Crippen LogP contribution in [0.15, 0.2) is 24.7 Å². The number of nitrogens with zero attached hydrogens (tertiary/aromatic N) is 6. The van der Waals surface area contributed by atoms with Gasteiger partial charge in [-0.25, -0.2) is 19.9 Å². The molecule has 4 heterocycles. The highest BCUT2D eigenvalue weighted by Crippen LogP contribution is 2.32. The van der Waals surface area contributed by atoms with Gasteiger partial charge in [0.05, 0.1) is 30.4 Å². The molecule has 1 aliphatic heterocycles. The lowest BCUT2D eigenvalue weighted by molar-refractivity contribution is 0.0825. The van der Waals surface area contributed by atoms with Gasteiger partial charge in [0.25, 0.3) is 0 Å². The highest BCUT2D eigenvalue weighted by atomic mass is 16.5. The van der Waals surface area contributed by atoms with Crippen molar-refractivity contribution in [2.24, 2.45) is 5.92 Å². The second kappa shape index (κ2) is 6.49. The van der Waals surface area contributed by atoms with Crippen molar-refractivity contribution in [3.05, 3.63) is 47.4 Å². The molecule has 0 amide bonds. The number of hydrogen-bond acceptors (Lipinski definition) is 6. The molecule has 5 rings (SSSR count). The summed E-state index contributed by atoms with van der Waals surface area (Å²) in [6.45, 7) is 5.55. The standard InChI is InChI=1S/C20H22N6O/c1-12-13(2)24-20-17(23-12)9-21-19(25-20)15-5-6-27-18(7-15)16-8-22-26(11-16)10-14-3-4-14/h7-9,11,14,18H,3-6,10H2,1-2H3/t18-/m1/s1. The van der Waals surface area contributed by atoms with E-state index in [0.717, 1.165) is 46.9 Å². The predicted molar refractivity (Wildman–Crippen MR) is 101 cm³/mol. The molecule has 0 unspecified atom stereocenters. The van der Waals surface area contributed by atoms with Crippen LogP contribution >= 0.6 is 0 Å². The van der Waals surface area contributed by atoms with Gasteiger partial charge in [-0.2, -0.15) is 5.10 Å². The van der Waals surface area contributed by atoms with Crippen molar-refractivity contribution in [2.45, 2.75) is 45.8 Å². The summed E-state index contributed by atoms with van der Waals surface area (Å²) in [5, 5.41) is 4.49. The van der Waals surface area contributed by atoms with Crippen LogP contribution in [0.3, 0.4) is 0 Å². The maximum Gasteiger partial charge on any atom is 0.182 e. The minimum absolute atomic E-state index is 0.105. The van der Waals surface area contributed by atoms with Crippen LogP contribution in [0.5, 0.6) is 0 Å². The van der Waals surface area contributed by atoms with Gasteiger partial charge >= 0.3 is 0 Å². The summed E-state index contributed by atoms with van der Waals surface area (Å²) in [6, 6.07) is 0. The first-order valence-corrected chi connectivity index (χ1v) is 9.49. The molecular formula is C20H22N6O. The van der Waals surface area contributed by atoms with Crippen LogP contribution in [0.1, 0.15) is 48.1 Å². The van der Waals surface area contributed by atoms with Gasteiger partial charge in [-0.1, -0.05) is 0 Å². The zero-order valence-electron chi connectivity index (χ0n) is 15.6.